The molecule has 0 amide bonds. The molecule has 0 aromatic heterocycles. The quantitative estimate of drug-likeness (QED) is 0.456. The summed E-state index contributed by atoms with van der Waals surface area (Å²) >= 11 is 0. The van der Waals surface area contributed by atoms with Crippen LogP contribution in [0.1, 0.15) is 20.3 Å². The third-order valence-electron chi connectivity index (χ3n) is 3.03. The van der Waals surface area contributed by atoms with Crippen molar-refractivity contribution in [1.82, 2.24) is 5.32 Å². The second kappa shape index (κ2) is 8.41. The minimum absolute atomic E-state index is 0.731. The van der Waals surface area contributed by atoms with E-state index in [2.05, 4.69) is 19.2 Å². The molecule has 0 fully saturated rings. The van der Waals surface area contributed by atoms with Crippen LogP contribution in [0.5, 0.6) is 0 Å². The minimum Gasteiger partial charge on any atom is -0.420 e. The number of hydrogen-bond acceptors (Lipinski definition) is 3. The number of hydrogen-bond donors (Lipinski definition) is 2. The molecule has 86 valence electrons. The van der Waals surface area contributed by atoms with Crippen LogP contribution >= 0.6 is 0 Å². The third-order valence-corrected chi connectivity index (χ3v) is 7.74. The summed E-state index contributed by atoms with van der Waals surface area (Å²) in [5.74, 6) is 0. The Bertz CT molecular complexity index is 121. The molecule has 0 aromatic carbocycles. The lowest BCUT2D eigenvalue weighted by Gasteiger charge is -2.27. The van der Waals surface area contributed by atoms with Gasteiger partial charge in [-0.25, -0.2) is 0 Å². The highest BCUT2D eigenvalue weighted by Crippen LogP contribution is 2.22. The van der Waals surface area contributed by atoms with Gasteiger partial charge in [-0.1, -0.05) is 13.8 Å². The molecule has 0 aliphatic rings. The normalized spacial score (nSPS) is 12.0. The first-order chi connectivity index (χ1) is 6.74. The summed E-state index contributed by atoms with van der Waals surface area (Å²) in [5, 5.41) is 3.32. The Labute approximate surface area is 89.5 Å². The van der Waals surface area contributed by atoms with Crippen molar-refractivity contribution >= 4 is 8.32 Å². The first kappa shape index (κ1) is 14.1. The van der Waals surface area contributed by atoms with Crippen LogP contribution in [0.2, 0.25) is 18.1 Å². The lowest BCUT2D eigenvalue weighted by Crippen LogP contribution is -2.36. The summed E-state index contributed by atoms with van der Waals surface area (Å²) < 4.78 is 5.73. The van der Waals surface area contributed by atoms with E-state index in [9.17, 15) is 0 Å². The van der Waals surface area contributed by atoms with Crippen molar-refractivity contribution in [2.45, 2.75) is 38.4 Å². The molecule has 0 radical (unpaired) electrons. The van der Waals surface area contributed by atoms with Crippen molar-refractivity contribution in [1.29, 1.82) is 0 Å². The molecule has 0 aliphatic heterocycles. The van der Waals surface area contributed by atoms with Gasteiger partial charge in [0.05, 0.1) is 0 Å². The molecule has 4 heteroatoms. The Hall–Kier alpha value is 0.0969. The van der Waals surface area contributed by atoms with Crippen molar-refractivity contribution in [2.75, 3.05) is 26.7 Å². The average molecular weight is 218 g/mol. The van der Waals surface area contributed by atoms with Gasteiger partial charge in [0, 0.05) is 20.2 Å². The van der Waals surface area contributed by atoms with Crippen molar-refractivity contribution in [2.24, 2.45) is 5.73 Å². The summed E-state index contributed by atoms with van der Waals surface area (Å²) in [6.07, 6.45) is 1.22. The Morgan fingerprint density at radius 3 is 2.29 bits per heavy atom. The summed E-state index contributed by atoms with van der Waals surface area (Å²) in [4.78, 5) is 0. The Morgan fingerprint density at radius 2 is 1.86 bits per heavy atom. The van der Waals surface area contributed by atoms with Gasteiger partial charge in [-0.15, -0.1) is 0 Å². The van der Waals surface area contributed by atoms with Crippen molar-refractivity contribution in [3.63, 3.8) is 0 Å². The first-order valence-electron chi connectivity index (χ1n) is 5.70. The van der Waals surface area contributed by atoms with E-state index in [1.165, 1.54) is 24.6 Å². The zero-order chi connectivity index (χ0) is 10.9. The molecule has 14 heavy (non-hydrogen) atoms. The molecule has 0 bridgehead atoms. The van der Waals surface area contributed by atoms with E-state index in [1.807, 2.05) is 7.11 Å². The SMILES string of the molecule is CC[Si](CC)(CCCNCCN)OC. The van der Waals surface area contributed by atoms with Crippen molar-refractivity contribution in [3.05, 3.63) is 0 Å². The molecule has 0 atom stereocenters. The Balaban J connectivity index is 3.61. The summed E-state index contributed by atoms with van der Waals surface area (Å²) in [7, 11) is 0.533. The van der Waals surface area contributed by atoms with Gasteiger partial charge in [0.1, 0.15) is 0 Å². The van der Waals surface area contributed by atoms with Crippen LogP contribution in [0.3, 0.4) is 0 Å². The standard InChI is InChI=1S/C10H26N2OSi/c1-4-14(5-2,13-3)10-6-8-12-9-7-11/h12H,4-11H2,1-3H3. The molecule has 0 spiro atoms. The second-order valence-corrected chi connectivity index (χ2v) is 8.42. The highest BCUT2D eigenvalue weighted by atomic mass is 28.4. The second-order valence-electron chi connectivity index (χ2n) is 3.74. The van der Waals surface area contributed by atoms with Gasteiger partial charge in [0.25, 0.3) is 0 Å². The molecule has 0 aliphatic carbocycles. The lowest BCUT2D eigenvalue weighted by molar-refractivity contribution is 0.389. The molecule has 0 heterocycles. The van der Waals surface area contributed by atoms with E-state index in [-0.39, 0.29) is 0 Å². The van der Waals surface area contributed by atoms with Crippen molar-refractivity contribution in [3.8, 4) is 0 Å². The van der Waals surface area contributed by atoms with E-state index in [0.29, 0.717) is 0 Å². The number of nitrogens with one attached hydrogen (secondary N) is 1. The fraction of sp³-hybridized carbons (Fsp3) is 1.00. The Kier molecular flexibility index (Phi) is 8.47. The van der Waals surface area contributed by atoms with Gasteiger partial charge in [-0.05, 0) is 31.1 Å². The molecule has 3 N–H and O–H groups in total. The molecular weight excluding hydrogens is 192 g/mol. The van der Waals surface area contributed by atoms with Crippen molar-refractivity contribution < 1.29 is 4.43 Å². The van der Waals surface area contributed by atoms with Crippen LogP contribution in [-0.2, 0) is 4.43 Å². The van der Waals surface area contributed by atoms with Crippen LogP contribution in [0.4, 0.5) is 0 Å². The van der Waals surface area contributed by atoms with E-state index in [1.54, 1.807) is 0 Å². The fourth-order valence-electron chi connectivity index (χ4n) is 1.76. The predicted octanol–water partition coefficient (Wildman–Crippen LogP) is 1.56. The number of nitrogens with two attached hydrogens (primary N) is 1. The maximum absolute atomic E-state index is 5.73. The smallest absolute Gasteiger partial charge is 0.191 e. The van der Waals surface area contributed by atoms with Gasteiger partial charge in [-0.3, -0.25) is 0 Å². The highest BCUT2D eigenvalue weighted by molar-refractivity contribution is 6.73. The monoisotopic (exact) mass is 218 g/mol. The molecule has 0 unspecified atom stereocenters. The lowest BCUT2D eigenvalue weighted by atomic mass is 10.5. The van der Waals surface area contributed by atoms with Gasteiger partial charge in [-0.2, -0.15) is 0 Å². The van der Waals surface area contributed by atoms with Crippen LogP contribution in [-0.4, -0.2) is 35.1 Å². The molecule has 3 nitrogen and oxygen atoms in total. The Morgan fingerprint density at radius 1 is 1.21 bits per heavy atom. The van der Waals surface area contributed by atoms with Crippen LogP contribution in [0.25, 0.3) is 0 Å². The highest BCUT2D eigenvalue weighted by Gasteiger charge is 2.28. The molecule has 0 aromatic rings. The average Bonchev–Trinajstić information content (AvgIpc) is 2.24. The van der Waals surface area contributed by atoms with Gasteiger partial charge in [0.2, 0.25) is 0 Å². The van der Waals surface area contributed by atoms with Crippen LogP contribution in [0.15, 0.2) is 0 Å². The summed E-state index contributed by atoms with van der Waals surface area (Å²) in [6.45, 7) is 7.25. The maximum Gasteiger partial charge on any atom is 0.191 e. The summed E-state index contributed by atoms with van der Waals surface area (Å²) in [6, 6.07) is 3.74. The molecule has 0 saturated carbocycles. The van der Waals surface area contributed by atoms with Gasteiger partial charge >= 0.3 is 0 Å². The van der Waals surface area contributed by atoms with Gasteiger partial charge in [0.15, 0.2) is 8.32 Å². The maximum atomic E-state index is 5.73. The third kappa shape index (κ3) is 5.10. The van der Waals surface area contributed by atoms with Crippen LogP contribution < -0.4 is 11.1 Å². The van der Waals surface area contributed by atoms with Crippen LogP contribution in [0, 0.1) is 0 Å². The predicted molar refractivity (Wildman–Crippen MR) is 65.1 cm³/mol. The summed E-state index contributed by atoms with van der Waals surface area (Å²) in [5.41, 5.74) is 5.40. The zero-order valence-corrected chi connectivity index (χ0v) is 10.9. The topological polar surface area (TPSA) is 47.3 Å². The molecule has 0 saturated heterocycles. The largest absolute Gasteiger partial charge is 0.420 e. The molecular formula is C10H26N2OSi. The van der Waals surface area contributed by atoms with E-state index in [0.717, 1.165) is 19.6 Å². The van der Waals surface area contributed by atoms with E-state index < -0.39 is 8.32 Å². The fourth-order valence-corrected chi connectivity index (χ4v) is 4.57. The minimum atomic E-state index is -1.35. The zero-order valence-electron chi connectivity index (χ0n) is 9.94. The number of rotatable bonds is 9. The first-order valence-corrected chi connectivity index (χ1v) is 8.23. The van der Waals surface area contributed by atoms with E-state index in [4.69, 9.17) is 10.2 Å². The van der Waals surface area contributed by atoms with E-state index >= 15 is 0 Å². The molecule has 0 rings (SSSR count). The van der Waals surface area contributed by atoms with Gasteiger partial charge < -0.3 is 15.5 Å².